The van der Waals surface area contributed by atoms with Crippen LogP contribution in [0, 0.1) is 0 Å². The van der Waals surface area contributed by atoms with Crippen LogP contribution in [0.3, 0.4) is 0 Å². The monoisotopic (exact) mass is 285 g/mol. The van der Waals surface area contributed by atoms with Gasteiger partial charge in [0.1, 0.15) is 0 Å². The molecule has 2 aromatic carbocycles. The van der Waals surface area contributed by atoms with E-state index in [4.69, 9.17) is 4.74 Å². The molecule has 0 aliphatic carbocycles. The van der Waals surface area contributed by atoms with Gasteiger partial charge in [-0.3, -0.25) is 0 Å². The van der Waals surface area contributed by atoms with Crippen LogP contribution < -0.4 is 16.0 Å². The largest absolute Gasteiger partial charge is 0.378 e. The summed E-state index contributed by atoms with van der Waals surface area (Å²) in [5, 5.41) is 11.2. The van der Waals surface area contributed by atoms with E-state index in [2.05, 4.69) is 16.0 Å². The molecular formula is C16H19N3O2. The van der Waals surface area contributed by atoms with Crippen molar-refractivity contribution >= 4 is 22.5 Å². The molecule has 1 fully saturated rings. The average Bonchev–Trinajstić information content (AvgIpc) is 2.54. The minimum Gasteiger partial charge on any atom is -0.378 e. The fourth-order valence-corrected chi connectivity index (χ4v) is 2.47. The van der Waals surface area contributed by atoms with Crippen molar-refractivity contribution in [3.05, 3.63) is 42.5 Å². The highest BCUT2D eigenvalue weighted by atomic mass is 16.5. The number of fused-ring (bicyclic) bond motifs is 1. The number of benzene rings is 2. The van der Waals surface area contributed by atoms with E-state index in [1.807, 2.05) is 42.5 Å². The molecule has 0 saturated carbocycles. The Balaban J connectivity index is 1.61. The molecule has 5 nitrogen and oxygen atoms in total. The SMILES string of the molecule is O=C(NCC1COCCN1)Nc1cccc2ccccc12. The standard InChI is InChI=1S/C16H19N3O2/c20-16(18-10-13-11-21-9-8-17-13)19-15-7-3-5-12-4-1-2-6-14(12)15/h1-7,13,17H,8-11H2,(H2,18,19,20). The van der Waals surface area contributed by atoms with E-state index in [1.165, 1.54) is 0 Å². The second kappa shape index (κ2) is 6.56. The minimum atomic E-state index is -0.196. The fraction of sp³-hybridized carbons (Fsp3) is 0.312. The lowest BCUT2D eigenvalue weighted by Gasteiger charge is -2.24. The molecule has 2 amide bonds. The normalized spacial score (nSPS) is 18.4. The quantitative estimate of drug-likeness (QED) is 0.807. The zero-order valence-corrected chi connectivity index (χ0v) is 11.8. The van der Waals surface area contributed by atoms with Crippen molar-refractivity contribution in [2.24, 2.45) is 0 Å². The zero-order chi connectivity index (χ0) is 14.5. The van der Waals surface area contributed by atoms with Crippen LogP contribution >= 0.6 is 0 Å². The Labute approximate surface area is 123 Å². The second-order valence-electron chi connectivity index (χ2n) is 5.09. The van der Waals surface area contributed by atoms with Crippen LogP contribution in [0.25, 0.3) is 10.8 Å². The van der Waals surface area contributed by atoms with E-state index in [9.17, 15) is 4.79 Å². The Morgan fingerprint density at radius 1 is 1.24 bits per heavy atom. The lowest BCUT2D eigenvalue weighted by Crippen LogP contribution is -2.49. The molecule has 3 N–H and O–H groups in total. The first-order valence-corrected chi connectivity index (χ1v) is 7.17. The van der Waals surface area contributed by atoms with Gasteiger partial charge in [0, 0.05) is 24.5 Å². The summed E-state index contributed by atoms with van der Waals surface area (Å²) in [7, 11) is 0. The van der Waals surface area contributed by atoms with Gasteiger partial charge in [-0.05, 0) is 11.5 Å². The van der Waals surface area contributed by atoms with Crippen molar-refractivity contribution in [3.8, 4) is 0 Å². The number of carbonyl (C=O) groups excluding carboxylic acids is 1. The summed E-state index contributed by atoms with van der Waals surface area (Å²) >= 11 is 0. The third kappa shape index (κ3) is 3.51. The van der Waals surface area contributed by atoms with E-state index >= 15 is 0 Å². The highest BCUT2D eigenvalue weighted by molar-refractivity contribution is 6.01. The van der Waals surface area contributed by atoms with Gasteiger partial charge in [-0.2, -0.15) is 0 Å². The van der Waals surface area contributed by atoms with Crippen LogP contribution in [0.5, 0.6) is 0 Å². The van der Waals surface area contributed by atoms with E-state index in [0.717, 1.165) is 29.6 Å². The molecule has 3 rings (SSSR count). The highest BCUT2D eigenvalue weighted by Gasteiger charge is 2.14. The summed E-state index contributed by atoms with van der Waals surface area (Å²) in [6.45, 7) is 2.75. The van der Waals surface area contributed by atoms with E-state index in [1.54, 1.807) is 0 Å². The number of anilines is 1. The molecule has 1 unspecified atom stereocenters. The van der Waals surface area contributed by atoms with Crippen LogP contribution in [-0.4, -0.2) is 38.4 Å². The summed E-state index contributed by atoms with van der Waals surface area (Å²) in [5.41, 5.74) is 0.818. The lowest BCUT2D eigenvalue weighted by atomic mass is 10.1. The molecule has 0 spiro atoms. The summed E-state index contributed by atoms with van der Waals surface area (Å²) in [4.78, 5) is 12.0. The van der Waals surface area contributed by atoms with Gasteiger partial charge in [0.05, 0.1) is 18.9 Å². The number of ether oxygens (including phenoxy) is 1. The van der Waals surface area contributed by atoms with E-state index < -0.39 is 0 Å². The smallest absolute Gasteiger partial charge is 0.319 e. The van der Waals surface area contributed by atoms with Gasteiger partial charge in [-0.1, -0.05) is 36.4 Å². The van der Waals surface area contributed by atoms with E-state index in [-0.39, 0.29) is 12.1 Å². The van der Waals surface area contributed by atoms with Gasteiger partial charge in [0.15, 0.2) is 0 Å². The van der Waals surface area contributed by atoms with Crippen LogP contribution in [0.2, 0.25) is 0 Å². The zero-order valence-electron chi connectivity index (χ0n) is 11.8. The number of urea groups is 1. The molecule has 0 aromatic heterocycles. The molecule has 2 aromatic rings. The Morgan fingerprint density at radius 2 is 2.10 bits per heavy atom. The number of carbonyl (C=O) groups is 1. The first kappa shape index (κ1) is 13.9. The maximum atomic E-state index is 12.0. The average molecular weight is 285 g/mol. The third-order valence-electron chi connectivity index (χ3n) is 3.55. The lowest BCUT2D eigenvalue weighted by molar-refractivity contribution is 0.0776. The Kier molecular flexibility index (Phi) is 4.33. The van der Waals surface area contributed by atoms with Gasteiger partial charge in [-0.25, -0.2) is 4.79 Å². The van der Waals surface area contributed by atoms with Crippen LogP contribution in [0.4, 0.5) is 10.5 Å². The van der Waals surface area contributed by atoms with Crippen molar-refractivity contribution in [1.29, 1.82) is 0 Å². The predicted molar refractivity (Wildman–Crippen MR) is 83.6 cm³/mol. The number of rotatable bonds is 3. The Bertz CT molecular complexity index is 618. The van der Waals surface area contributed by atoms with Crippen molar-refractivity contribution < 1.29 is 9.53 Å². The molecule has 1 aliphatic rings. The minimum absolute atomic E-state index is 0.178. The number of hydrogen-bond donors (Lipinski definition) is 3. The van der Waals surface area contributed by atoms with E-state index in [0.29, 0.717) is 13.2 Å². The molecule has 0 bridgehead atoms. The van der Waals surface area contributed by atoms with Crippen LogP contribution in [0.1, 0.15) is 0 Å². The Morgan fingerprint density at radius 3 is 2.95 bits per heavy atom. The van der Waals surface area contributed by atoms with Gasteiger partial charge >= 0.3 is 6.03 Å². The first-order valence-electron chi connectivity index (χ1n) is 7.17. The summed E-state index contributed by atoms with van der Waals surface area (Å²) in [5.74, 6) is 0. The van der Waals surface area contributed by atoms with Gasteiger partial charge < -0.3 is 20.7 Å². The van der Waals surface area contributed by atoms with Crippen LogP contribution in [0.15, 0.2) is 42.5 Å². The molecule has 21 heavy (non-hydrogen) atoms. The molecule has 1 heterocycles. The van der Waals surface area contributed by atoms with Crippen molar-refractivity contribution in [1.82, 2.24) is 10.6 Å². The maximum Gasteiger partial charge on any atom is 0.319 e. The van der Waals surface area contributed by atoms with Crippen molar-refractivity contribution in [2.45, 2.75) is 6.04 Å². The van der Waals surface area contributed by atoms with Gasteiger partial charge in [-0.15, -0.1) is 0 Å². The Hall–Kier alpha value is -2.11. The van der Waals surface area contributed by atoms with Crippen molar-refractivity contribution in [2.75, 3.05) is 31.6 Å². The second-order valence-corrected chi connectivity index (χ2v) is 5.09. The molecule has 1 saturated heterocycles. The van der Waals surface area contributed by atoms with Crippen molar-refractivity contribution in [3.63, 3.8) is 0 Å². The van der Waals surface area contributed by atoms with Crippen LogP contribution in [-0.2, 0) is 4.74 Å². The highest BCUT2D eigenvalue weighted by Crippen LogP contribution is 2.22. The van der Waals surface area contributed by atoms with Gasteiger partial charge in [0.25, 0.3) is 0 Å². The number of amides is 2. The first-order chi connectivity index (χ1) is 10.3. The summed E-state index contributed by atoms with van der Waals surface area (Å²) in [6.07, 6.45) is 0. The van der Waals surface area contributed by atoms with Gasteiger partial charge in [0.2, 0.25) is 0 Å². The summed E-state index contributed by atoms with van der Waals surface area (Å²) in [6, 6.07) is 13.8. The third-order valence-corrected chi connectivity index (χ3v) is 3.55. The number of hydrogen-bond acceptors (Lipinski definition) is 3. The topological polar surface area (TPSA) is 62.4 Å². The molecule has 5 heteroatoms. The predicted octanol–water partition coefficient (Wildman–Crippen LogP) is 1.95. The maximum absolute atomic E-state index is 12.0. The molecule has 1 aliphatic heterocycles. The number of morpholine rings is 1. The summed E-state index contributed by atoms with van der Waals surface area (Å²) < 4.78 is 5.36. The number of nitrogens with one attached hydrogen (secondary N) is 3. The molecule has 1 atom stereocenters. The molecular weight excluding hydrogens is 266 g/mol. The molecule has 110 valence electrons. The molecule has 0 radical (unpaired) electrons. The fourth-order valence-electron chi connectivity index (χ4n) is 2.47.